The molecule has 0 unspecified atom stereocenters. The molecule has 0 radical (unpaired) electrons. The van der Waals surface area contributed by atoms with E-state index in [1.807, 2.05) is 6.92 Å². The smallest absolute Gasteiger partial charge is 0.328 e. The van der Waals surface area contributed by atoms with E-state index < -0.39 is 33.2 Å². The van der Waals surface area contributed by atoms with Crippen LogP contribution in [0, 0.1) is 6.92 Å². The maximum absolute atomic E-state index is 13.4. The molecule has 0 aromatic heterocycles. The molecule has 8 heteroatoms. The van der Waals surface area contributed by atoms with Crippen molar-refractivity contribution >= 4 is 33.7 Å². The van der Waals surface area contributed by atoms with Crippen molar-refractivity contribution in [3.63, 3.8) is 0 Å². The summed E-state index contributed by atoms with van der Waals surface area (Å²) < 4.78 is 27.4. The van der Waals surface area contributed by atoms with Crippen molar-refractivity contribution < 1.29 is 23.1 Å². The number of carboxylic acid groups (broad SMARTS) is 1. The van der Waals surface area contributed by atoms with Gasteiger partial charge in [0.25, 0.3) is 10.0 Å². The minimum atomic E-state index is -4.33. The zero-order valence-electron chi connectivity index (χ0n) is 16.0. The SMILES string of the molecule is Cc1ccc(S(=O)(=O)N(C(=O)[C@@H]2CCCS2)[C@@H](Cc2ccccc2)C(=O)O)cc1. The molecule has 1 amide bonds. The fraction of sp³-hybridized carbons (Fsp3) is 0.333. The monoisotopic (exact) mass is 433 g/mol. The number of carbonyl (C=O) groups excluding carboxylic acids is 1. The number of sulfonamides is 1. The first-order valence-corrected chi connectivity index (χ1v) is 11.8. The summed E-state index contributed by atoms with van der Waals surface area (Å²) >= 11 is 1.38. The Morgan fingerprint density at radius 3 is 2.34 bits per heavy atom. The van der Waals surface area contributed by atoms with Gasteiger partial charge in [0.05, 0.1) is 10.1 Å². The number of aryl methyl sites for hydroxylation is 1. The second-order valence-corrected chi connectivity index (χ2v) is 10.1. The molecular weight excluding hydrogens is 410 g/mol. The van der Waals surface area contributed by atoms with Crippen LogP contribution in [-0.2, 0) is 26.0 Å². The van der Waals surface area contributed by atoms with Crippen LogP contribution in [0.5, 0.6) is 0 Å². The number of carbonyl (C=O) groups is 2. The molecule has 2 aromatic rings. The van der Waals surface area contributed by atoms with Crippen LogP contribution in [0.4, 0.5) is 0 Å². The summed E-state index contributed by atoms with van der Waals surface area (Å²) in [6.45, 7) is 1.82. The zero-order chi connectivity index (χ0) is 21.0. The Kier molecular flexibility index (Phi) is 6.64. The van der Waals surface area contributed by atoms with Crippen molar-refractivity contribution in [1.29, 1.82) is 0 Å². The van der Waals surface area contributed by atoms with Crippen molar-refractivity contribution in [3.8, 4) is 0 Å². The van der Waals surface area contributed by atoms with Crippen molar-refractivity contribution in [3.05, 3.63) is 65.7 Å². The fourth-order valence-corrected chi connectivity index (χ4v) is 6.13. The lowest BCUT2D eigenvalue weighted by molar-refractivity contribution is -0.145. The first-order chi connectivity index (χ1) is 13.8. The van der Waals surface area contributed by atoms with Gasteiger partial charge in [-0.3, -0.25) is 4.79 Å². The average molecular weight is 434 g/mol. The van der Waals surface area contributed by atoms with E-state index in [-0.39, 0.29) is 11.3 Å². The van der Waals surface area contributed by atoms with Gasteiger partial charge in [-0.25, -0.2) is 17.5 Å². The second kappa shape index (κ2) is 9.00. The molecule has 1 aliphatic heterocycles. The molecule has 1 fully saturated rings. The van der Waals surface area contributed by atoms with E-state index in [0.29, 0.717) is 16.3 Å². The maximum Gasteiger partial charge on any atom is 0.328 e. The highest BCUT2D eigenvalue weighted by atomic mass is 32.2. The van der Waals surface area contributed by atoms with Crippen molar-refractivity contribution in [2.45, 2.75) is 42.4 Å². The number of hydrogen-bond acceptors (Lipinski definition) is 5. The molecular formula is C21H23NO5S2. The van der Waals surface area contributed by atoms with E-state index >= 15 is 0 Å². The fourth-order valence-electron chi connectivity index (χ4n) is 3.29. The summed E-state index contributed by atoms with van der Waals surface area (Å²) in [4.78, 5) is 25.3. The van der Waals surface area contributed by atoms with Gasteiger partial charge in [0.2, 0.25) is 5.91 Å². The van der Waals surface area contributed by atoms with Gasteiger partial charge in [0, 0.05) is 6.42 Å². The summed E-state index contributed by atoms with van der Waals surface area (Å²) in [7, 11) is -4.33. The highest BCUT2D eigenvalue weighted by Gasteiger charge is 2.43. The molecule has 6 nitrogen and oxygen atoms in total. The Bertz CT molecular complexity index is 968. The number of aliphatic carboxylic acids is 1. The van der Waals surface area contributed by atoms with Gasteiger partial charge < -0.3 is 5.11 Å². The highest BCUT2D eigenvalue weighted by Crippen LogP contribution is 2.31. The van der Waals surface area contributed by atoms with Gasteiger partial charge >= 0.3 is 5.97 Å². The maximum atomic E-state index is 13.4. The standard InChI is InChI=1S/C21H23NO5S2/c1-15-9-11-17(12-10-15)29(26,27)22(20(23)19-8-5-13-28-19)18(21(24)25)14-16-6-3-2-4-7-16/h2-4,6-7,9-12,18-19H,5,8,13-14H2,1H3,(H,24,25)/t18-,19-/m0/s1. The number of thioether (sulfide) groups is 1. The summed E-state index contributed by atoms with van der Waals surface area (Å²) in [5.74, 6) is -1.25. The van der Waals surface area contributed by atoms with Crippen molar-refractivity contribution in [1.82, 2.24) is 4.31 Å². The normalized spacial score (nSPS) is 17.6. The molecule has 1 saturated heterocycles. The highest BCUT2D eigenvalue weighted by molar-refractivity contribution is 8.01. The number of rotatable bonds is 7. The van der Waals surface area contributed by atoms with Crippen LogP contribution in [0.15, 0.2) is 59.5 Å². The quantitative estimate of drug-likeness (QED) is 0.721. The van der Waals surface area contributed by atoms with Gasteiger partial charge in [0.15, 0.2) is 0 Å². The van der Waals surface area contributed by atoms with Gasteiger partial charge in [-0.1, -0.05) is 48.0 Å². The number of hydrogen-bond donors (Lipinski definition) is 1. The third-order valence-corrected chi connectivity index (χ3v) is 8.02. The molecule has 2 atom stereocenters. The van der Waals surface area contributed by atoms with Crippen LogP contribution < -0.4 is 0 Å². The molecule has 1 aliphatic rings. The van der Waals surface area contributed by atoms with E-state index in [0.717, 1.165) is 17.7 Å². The molecule has 0 aliphatic carbocycles. The minimum absolute atomic E-state index is 0.0845. The molecule has 0 spiro atoms. The molecule has 154 valence electrons. The first kappa shape index (κ1) is 21.4. The van der Waals surface area contributed by atoms with E-state index in [1.54, 1.807) is 42.5 Å². The molecule has 1 N–H and O–H groups in total. The average Bonchev–Trinajstić information content (AvgIpc) is 3.23. The summed E-state index contributed by atoms with van der Waals surface area (Å²) in [5.41, 5.74) is 1.52. The van der Waals surface area contributed by atoms with E-state index in [1.165, 1.54) is 23.9 Å². The third kappa shape index (κ3) is 4.82. The zero-order valence-corrected chi connectivity index (χ0v) is 17.7. The van der Waals surface area contributed by atoms with Crippen LogP contribution in [0.3, 0.4) is 0 Å². The van der Waals surface area contributed by atoms with Crippen LogP contribution in [0.1, 0.15) is 24.0 Å². The van der Waals surface area contributed by atoms with Gasteiger partial charge in [-0.2, -0.15) is 0 Å². The number of benzene rings is 2. The summed E-state index contributed by atoms with van der Waals surface area (Å²) in [6.07, 6.45) is 1.25. The molecule has 29 heavy (non-hydrogen) atoms. The molecule has 0 saturated carbocycles. The number of carboxylic acids is 1. The van der Waals surface area contributed by atoms with Crippen LogP contribution in [0.2, 0.25) is 0 Å². The van der Waals surface area contributed by atoms with E-state index in [9.17, 15) is 23.1 Å². The number of amides is 1. The first-order valence-electron chi connectivity index (χ1n) is 9.34. The van der Waals surface area contributed by atoms with Crippen LogP contribution in [-0.4, -0.2) is 46.8 Å². The van der Waals surface area contributed by atoms with Crippen LogP contribution >= 0.6 is 11.8 Å². The topological polar surface area (TPSA) is 91.8 Å². The van der Waals surface area contributed by atoms with Gasteiger partial charge in [-0.15, -0.1) is 11.8 Å². The Labute approximate surface area is 175 Å². The lowest BCUT2D eigenvalue weighted by Gasteiger charge is -2.30. The second-order valence-electron chi connectivity index (χ2n) is 7.00. The third-order valence-electron chi connectivity index (χ3n) is 4.84. The van der Waals surface area contributed by atoms with E-state index in [2.05, 4.69) is 0 Å². The lowest BCUT2D eigenvalue weighted by atomic mass is 10.1. The summed E-state index contributed by atoms with van der Waals surface area (Å²) in [5, 5.41) is 9.34. The van der Waals surface area contributed by atoms with Crippen molar-refractivity contribution in [2.75, 3.05) is 5.75 Å². The van der Waals surface area contributed by atoms with Crippen LogP contribution in [0.25, 0.3) is 0 Å². The van der Waals surface area contributed by atoms with Gasteiger partial charge in [0.1, 0.15) is 6.04 Å². The van der Waals surface area contributed by atoms with Gasteiger partial charge in [-0.05, 0) is 43.2 Å². The molecule has 3 rings (SSSR count). The summed E-state index contributed by atoms with van der Waals surface area (Å²) in [6, 6.07) is 13.3. The van der Waals surface area contributed by atoms with Crippen molar-refractivity contribution in [2.24, 2.45) is 0 Å². The molecule has 2 aromatic carbocycles. The Morgan fingerprint density at radius 2 is 1.79 bits per heavy atom. The minimum Gasteiger partial charge on any atom is -0.480 e. The Hall–Kier alpha value is -2.32. The Morgan fingerprint density at radius 1 is 1.14 bits per heavy atom. The Balaban J connectivity index is 2.06. The largest absolute Gasteiger partial charge is 0.480 e. The number of nitrogens with zero attached hydrogens (tertiary/aromatic N) is 1. The van der Waals surface area contributed by atoms with E-state index in [4.69, 9.17) is 0 Å². The molecule has 0 bridgehead atoms. The molecule has 1 heterocycles. The predicted molar refractivity (Wildman–Crippen MR) is 112 cm³/mol. The lowest BCUT2D eigenvalue weighted by Crippen LogP contribution is -2.52. The predicted octanol–water partition coefficient (Wildman–Crippen LogP) is 3.10.